The van der Waals surface area contributed by atoms with E-state index in [1.165, 1.54) is 18.3 Å². The number of nitrogens with one attached hydrogen (secondary N) is 1. The molecule has 0 unspecified atom stereocenters. The SMILES string of the molecule is O=C(O)c1cc(NS(=O)(=O)C2CCOCC2)ccn1. The molecule has 2 heterocycles. The summed E-state index contributed by atoms with van der Waals surface area (Å²) in [4.78, 5) is 14.4. The smallest absolute Gasteiger partial charge is 0.354 e. The maximum absolute atomic E-state index is 12.1. The number of nitrogens with zero attached hydrogens (tertiary/aromatic N) is 1. The number of carbonyl (C=O) groups is 1. The Morgan fingerprint density at radius 1 is 1.42 bits per heavy atom. The Labute approximate surface area is 110 Å². The van der Waals surface area contributed by atoms with Gasteiger partial charge in [-0.2, -0.15) is 0 Å². The number of hydrogen-bond acceptors (Lipinski definition) is 5. The molecule has 1 fully saturated rings. The van der Waals surface area contributed by atoms with E-state index < -0.39 is 21.2 Å². The second-order valence-corrected chi connectivity index (χ2v) is 6.15. The molecule has 1 aromatic rings. The van der Waals surface area contributed by atoms with E-state index in [0.717, 1.165) is 0 Å². The standard InChI is InChI=1S/C11H14N2O5S/c14-11(15)10-7-8(1-4-12-10)13-19(16,17)9-2-5-18-6-3-9/h1,4,7,9H,2-3,5-6H2,(H,12,13)(H,14,15). The molecular weight excluding hydrogens is 272 g/mol. The summed E-state index contributed by atoms with van der Waals surface area (Å²) < 4.78 is 31.7. The molecule has 104 valence electrons. The van der Waals surface area contributed by atoms with Gasteiger partial charge in [0, 0.05) is 19.4 Å². The van der Waals surface area contributed by atoms with E-state index in [2.05, 4.69) is 9.71 Å². The van der Waals surface area contributed by atoms with E-state index in [4.69, 9.17) is 9.84 Å². The van der Waals surface area contributed by atoms with Gasteiger partial charge in [0.05, 0.1) is 10.9 Å². The molecule has 0 spiro atoms. The van der Waals surface area contributed by atoms with Crippen LogP contribution in [0.25, 0.3) is 0 Å². The third-order valence-corrected chi connectivity index (χ3v) is 4.72. The molecule has 0 aromatic carbocycles. The molecule has 7 nitrogen and oxygen atoms in total. The summed E-state index contributed by atoms with van der Waals surface area (Å²) in [5.74, 6) is -1.20. The summed E-state index contributed by atoms with van der Waals surface area (Å²) in [6.45, 7) is 0.838. The van der Waals surface area contributed by atoms with Crippen LogP contribution in [-0.4, -0.2) is 42.9 Å². The molecule has 1 aliphatic rings. The first-order valence-electron chi connectivity index (χ1n) is 5.78. The van der Waals surface area contributed by atoms with Crippen LogP contribution in [0.2, 0.25) is 0 Å². The van der Waals surface area contributed by atoms with Crippen molar-refractivity contribution in [3.05, 3.63) is 24.0 Å². The molecule has 1 aromatic heterocycles. The molecule has 0 saturated carbocycles. The maximum atomic E-state index is 12.1. The molecule has 0 radical (unpaired) electrons. The molecule has 1 aliphatic heterocycles. The van der Waals surface area contributed by atoms with Crippen LogP contribution in [0.15, 0.2) is 18.3 Å². The fourth-order valence-electron chi connectivity index (χ4n) is 1.84. The van der Waals surface area contributed by atoms with Crippen molar-refractivity contribution in [3.8, 4) is 0 Å². The molecule has 2 rings (SSSR count). The van der Waals surface area contributed by atoms with Crippen LogP contribution in [0.3, 0.4) is 0 Å². The van der Waals surface area contributed by atoms with Crippen molar-refractivity contribution >= 4 is 21.7 Å². The maximum Gasteiger partial charge on any atom is 0.354 e. The van der Waals surface area contributed by atoms with Crippen molar-refractivity contribution in [3.63, 3.8) is 0 Å². The lowest BCUT2D eigenvalue weighted by Gasteiger charge is -2.22. The predicted octanol–water partition coefficient (Wildman–Crippen LogP) is 0.701. The summed E-state index contributed by atoms with van der Waals surface area (Å²) in [5, 5.41) is 8.29. The third kappa shape index (κ3) is 3.42. The highest BCUT2D eigenvalue weighted by Gasteiger charge is 2.27. The fraction of sp³-hybridized carbons (Fsp3) is 0.455. The summed E-state index contributed by atoms with van der Waals surface area (Å²) in [5.41, 5.74) is 0.00562. The highest BCUT2D eigenvalue weighted by Crippen LogP contribution is 2.19. The van der Waals surface area contributed by atoms with E-state index in [0.29, 0.717) is 26.1 Å². The molecule has 0 bridgehead atoms. The topological polar surface area (TPSA) is 106 Å². The van der Waals surface area contributed by atoms with E-state index in [1.54, 1.807) is 0 Å². The predicted molar refractivity (Wildman–Crippen MR) is 67.6 cm³/mol. The number of rotatable bonds is 4. The van der Waals surface area contributed by atoms with Crippen molar-refractivity contribution in [2.75, 3.05) is 17.9 Å². The van der Waals surface area contributed by atoms with Crippen molar-refractivity contribution < 1.29 is 23.1 Å². The number of pyridine rings is 1. The van der Waals surface area contributed by atoms with E-state index in [-0.39, 0.29) is 11.4 Å². The van der Waals surface area contributed by atoms with Gasteiger partial charge in [0.1, 0.15) is 5.69 Å². The first-order valence-corrected chi connectivity index (χ1v) is 7.32. The Morgan fingerprint density at radius 2 is 2.11 bits per heavy atom. The zero-order valence-corrected chi connectivity index (χ0v) is 10.9. The Balaban J connectivity index is 2.15. The van der Waals surface area contributed by atoms with Crippen molar-refractivity contribution in [1.29, 1.82) is 0 Å². The normalized spacial score (nSPS) is 17.1. The van der Waals surface area contributed by atoms with E-state index >= 15 is 0 Å². The summed E-state index contributed by atoms with van der Waals surface area (Å²) in [7, 11) is -3.53. The quantitative estimate of drug-likeness (QED) is 0.844. The number of aromatic carboxylic acids is 1. The van der Waals surface area contributed by atoms with Gasteiger partial charge < -0.3 is 9.84 Å². The number of anilines is 1. The molecule has 0 atom stereocenters. The highest BCUT2D eigenvalue weighted by atomic mass is 32.2. The summed E-state index contributed by atoms with van der Waals surface area (Å²) in [6, 6.07) is 2.61. The largest absolute Gasteiger partial charge is 0.477 e. The van der Waals surface area contributed by atoms with Gasteiger partial charge in [0.25, 0.3) is 0 Å². The number of sulfonamides is 1. The van der Waals surface area contributed by atoms with Gasteiger partial charge in [-0.25, -0.2) is 18.2 Å². The number of carboxylic acids is 1. The average Bonchev–Trinajstić information content (AvgIpc) is 2.39. The van der Waals surface area contributed by atoms with Gasteiger partial charge in [0.2, 0.25) is 10.0 Å². The second-order valence-electron chi connectivity index (χ2n) is 4.19. The van der Waals surface area contributed by atoms with Crippen LogP contribution in [0, 0.1) is 0 Å². The molecule has 0 amide bonds. The van der Waals surface area contributed by atoms with Crippen LogP contribution >= 0.6 is 0 Å². The van der Waals surface area contributed by atoms with Gasteiger partial charge in [-0.1, -0.05) is 0 Å². The summed E-state index contributed by atoms with van der Waals surface area (Å²) in [6.07, 6.45) is 2.13. The van der Waals surface area contributed by atoms with Crippen LogP contribution < -0.4 is 4.72 Å². The van der Waals surface area contributed by atoms with E-state index in [1.807, 2.05) is 0 Å². The van der Waals surface area contributed by atoms with Gasteiger partial charge in [-0.15, -0.1) is 0 Å². The number of hydrogen-bond donors (Lipinski definition) is 2. The molecule has 0 aliphatic carbocycles. The van der Waals surface area contributed by atoms with Crippen LogP contribution in [0.4, 0.5) is 5.69 Å². The lowest BCUT2D eigenvalue weighted by Crippen LogP contribution is -2.33. The molecule has 2 N–H and O–H groups in total. The van der Waals surface area contributed by atoms with Gasteiger partial charge >= 0.3 is 5.97 Å². The second kappa shape index (κ2) is 5.54. The molecule has 19 heavy (non-hydrogen) atoms. The Bertz CT molecular complexity index is 566. The first kappa shape index (κ1) is 13.8. The van der Waals surface area contributed by atoms with Crippen molar-refractivity contribution in [2.45, 2.75) is 18.1 Å². The summed E-state index contributed by atoms with van der Waals surface area (Å²) >= 11 is 0. The van der Waals surface area contributed by atoms with Crippen LogP contribution in [-0.2, 0) is 14.8 Å². The van der Waals surface area contributed by atoms with Gasteiger partial charge in [-0.05, 0) is 25.0 Å². The Morgan fingerprint density at radius 3 is 2.74 bits per heavy atom. The Kier molecular flexibility index (Phi) is 4.01. The van der Waals surface area contributed by atoms with E-state index in [9.17, 15) is 13.2 Å². The third-order valence-electron chi connectivity index (χ3n) is 2.85. The number of carboxylic acid groups (broad SMARTS) is 1. The number of ether oxygens (including phenoxy) is 1. The minimum absolute atomic E-state index is 0.202. The molecule has 1 saturated heterocycles. The fourth-order valence-corrected chi connectivity index (χ4v) is 3.28. The highest BCUT2D eigenvalue weighted by molar-refractivity contribution is 7.93. The average molecular weight is 286 g/mol. The monoisotopic (exact) mass is 286 g/mol. The number of aromatic nitrogens is 1. The van der Waals surface area contributed by atoms with Crippen molar-refractivity contribution in [1.82, 2.24) is 4.98 Å². The minimum Gasteiger partial charge on any atom is -0.477 e. The first-order chi connectivity index (χ1) is 8.99. The van der Waals surface area contributed by atoms with Crippen LogP contribution in [0.5, 0.6) is 0 Å². The molecular formula is C11H14N2O5S. The lowest BCUT2D eigenvalue weighted by atomic mass is 10.2. The van der Waals surface area contributed by atoms with Gasteiger partial charge in [-0.3, -0.25) is 4.72 Å². The van der Waals surface area contributed by atoms with Crippen molar-refractivity contribution in [2.24, 2.45) is 0 Å². The Hall–Kier alpha value is -1.67. The van der Waals surface area contributed by atoms with Crippen LogP contribution in [0.1, 0.15) is 23.3 Å². The molecule has 8 heteroatoms. The minimum atomic E-state index is -3.53. The zero-order valence-electron chi connectivity index (χ0n) is 10.1. The van der Waals surface area contributed by atoms with Gasteiger partial charge in [0.15, 0.2) is 0 Å². The zero-order chi connectivity index (χ0) is 13.9. The lowest BCUT2D eigenvalue weighted by molar-refractivity contribution is 0.0690.